The molecule has 2 fully saturated rings. The van der Waals surface area contributed by atoms with Crippen molar-refractivity contribution < 1.29 is 23.5 Å². The van der Waals surface area contributed by atoms with Gasteiger partial charge in [0, 0.05) is 57.2 Å². The molecule has 198 valence electrons. The number of oxazole rings is 1. The highest BCUT2D eigenvalue weighted by atomic mass is 16.6. The Hall–Kier alpha value is -4.26. The molecule has 0 unspecified atom stereocenters. The first kappa shape index (κ1) is 25.4. The standard InChI is InChI=1S/C28H31N5O5/c1-28(2,3)38-27(35)33-17-20(18-33)26(34)32-14-12-31(13-15-32)21-8-9-22(36-4)24-25(21)37-23(30-24)10-7-19-6-5-11-29-16-19/h5-6,8-9,11,16,20H,12-15,17-18H2,1-4H3. The zero-order valence-corrected chi connectivity index (χ0v) is 22.1. The molecule has 0 radical (unpaired) electrons. The van der Waals surface area contributed by atoms with Crippen molar-refractivity contribution in [1.82, 2.24) is 19.8 Å². The predicted octanol–water partition coefficient (Wildman–Crippen LogP) is 3.15. The van der Waals surface area contributed by atoms with Gasteiger partial charge < -0.3 is 28.6 Å². The first-order valence-corrected chi connectivity index (χ1v) is 12.6. The van der Waals surface area contributed by atoms with E-state index in [0.717, 1.165) is 11.3 Å². The van der Waals surface area contributed by atoms with E-state index in [-0.39, 0.29) is 17.9 Å². The second-order valence-corrected chi connectivity index (χ2v) is 10.4. The molecule has 4 heterocycles. The molecule has 0 saturated carbocycles. The molecule has 2 saturated heterocycles. The van der Waals surface area contributed by atoms with Crippen LogP contribution in [0.25, 0.3) is 11.1 Å². The zero-order valence-electron chi connectivity index (χ0n) is 22.1. The first-order valence-electron chi connectivity index (χ1n) is 12.6. The number of amides is 2. The molecular weight excluding hydrogens is 486 g/mol. The van der Waals surface area contributed by atoms with Crippen molar-refractivity contribution in [2.75, 3.05) is 51.3 Å². The maximum Gasteiger partial charge on any atom is 0.410 e. The quantitative estimate of drug-likeness (QED) is 0.489. The Balaban J connectivity index is 1.24. The molecular formula is C28H31N5O5. The average molecular weight is 518 g/mol. The van der Waals surface area contributed by atoms with E-state index >= 15 is 0 Å². The first-order chi connectivity index (χ1) is 18.2. The lowest BCUT2D eigenvalue weighted by atomic mass is 9.98. The number of hydrogen-bond donors (Lipinski definition) is 0. The van der Waals surface area contributed by atoms with Gasteiger partial charge in [0.05, 0.1) is 18.7 Å². The Bertz CT molecular complexity index is 1390. The Morgan fingerprint density at radius 1 is 1.05 bits per heavy atom. The number of fused-ring (bicyclic) bond motifs is 1. The van der Waals surface area contributed by atoms with E-state index in [9.17, 15) is 9.59 Å². The van der Waals surface area contributed by atoms with Crippen LogP contribution >= 0.6 is 0 Å². The summed E-state index contributed by atoms with van der Waals surface area (Å²) in [5, 5.41) is 0. The molecule has 0 spiro atoms. The molecule has 10 nitrogen and oxygen atoms in total. The van der Waals surface area contributed by atoms with Crippen LogP contribution in [0.2, 0.25) is 0 Å². The molecule has 1 aromatic carbocycles. The highest BCUT2D eigenvalue weighted by Crippen LogP contribution is 2.34. The van der Waals surface area contributed by atoms with Crippen LogP contribution in [0.15, 0.2) is 41.1 Å². The van der Waals surface area contributed by atoms with Crippen LogP contribution < -0.4 is 9.64 Å². The van der Waals surface area contributed by atoms with Gasteiger partial charge in [0.15, 0.2) is 11.1 Å². The van der Waals surface area contributed by atoms with Gasteiger partial charge in [0.1, 0.15) is 11.4 Å². The summed E-state index contributed by atoms with van der Waals surface area (Å²) in [6, 6.07) is 7.51. The van der Waals surface area contributed by atoms with E-state index in [0.29, 0.717) is 62.0 Å². The van der Waals surface area contributed by atoms with Crippen LogP contribution in [0, 0.1) is 17.8 Å². The maximum absolute atomic E-state index is 13.0. The SMILES string of the molecule is COc1ccc(N2CCN(C(=O)C3CN(C(=O)OC(C)(C)C)C3)CC2)c2oc(C#Cc3cccnc3)nc12. The molecule has 2 aliphatic rings. The number of rotatable bonds is 3. The smallest absolute Gasteiger partial charge is 0.410 e. The number of hydrogen-bond acceptors (Lipinski definition) is 8. The molecule has 0 atom stereocenters. The lowest BCUT2D eigenvalue weighted by molar-refractivity contribution is -0.140. The molecule has 10 heteroatoms. The van der Waals surface area contributed by atoms with Gasteiger partial charge in [-0.15, -0.1) is 0 Å². The third-order valence-corrected chi connectivity index (χ3v) is 6.50. The third-order valence-electron chi connectivity index (χ3n) is 6.50. The van der Waals surface area contributed by atoms with Gasteiger partial charge in [-0.2, -0.15) is 4.98 Å². The number of pyridine rings is 1. The minimum Gasteiger partial charge on any atom is -0.494 e. The number of carbonyl (C=O) groups excluding carboxylic acids is 2. The van der Waals surface area contributed by atoms with Gasteiger partial charge >= 0.3 is 6.09 Å². The Kier molecular flexibility index (Phi) is 6.85. The van der Waals surface area contributed by atoms with Gasteiger partial charge in [0.25, 0.3) is 5.89 Å². The summed E-state index contributed by atoms with van der Waals surface area (Å²) < 4.78 is 17.0. The van der Waals surface area contributed by atoms with E-state index in [4.69, 9.17) is 13.9 Å². The van der Waals surface area contributed by atoms with E-state index in [1.807, 2.05) is 49.9 Å². The minimum atomic E-state index is -0.550. The lowest BCUT2D eigenvalue weighted by Gasteiger charge is -2.43. The predicted molar refractivity (Wildman–Crippen MR) is 141 cm³/mol. The van der Waals surface area contributed by atoms with Crippen molar-refractivity contribution in [1.29, 1.82) is 0 Å². The molecule has 2 amide bonds. The maximum atomic E-state index is 13.0. The van der Waals surface area contributed by atoms with Crippen molar-refractivity contribution in [3.8, 4) is 17.6 Å². The summed E-state index contributed by atoms with van der Waals surface area (Å²) in [5.74, 6) is 6.79. The zero-order chi connectivity index (χ0) is 26.9. The van der Waals surface area contributed by atoms with Crippen LogP contribution in [-0.2, 0) is 9.53 Å². The number of likely N-dealkylation sites (tertiary alicyclic amines) is 1. The normalized spacial score (nSPS) is 16.1. The number of ether oxygens (including phenoxy) is 2. The summed E-state index contributed by atoms with van der Waals surface area (Å²) in [4.78, 5) is 39.5. The van der Waals surface area contributed by atoms with Crippen molar-refractivity contribution in [3.63, 3.8) is 0 Å². The number of methoxy groups -OCH3 is 1. The number of benzene rings is 1. The van der Waals surface area contributed by atoms with Crippen LogP contribution in [0.3, 0.4) is 0 Å². The second-order valence-electron chi connectivity index (χ2n) is 10.4. The van der Waals surface area contributed by atoms with Gasteiger partial charge in [-0.25, -0.2) is 4.79 Å². The van der Waals surface area contributed by atoms with Gasteiger partial charge in [-0.3, -0.25) is 9.78 Å². The molecule has 3 aromatic rings. The van der Waals surface area contributed by atoms with Crippen molar-refractivity contribution in [3.05, 3.63) is 48.1 Å². The highest BCUT2D eigenvalue weighted by molar-refractivity contribution is 5.92. The molecule has 0 aliphatic carbocycles. The van der Waals surface area contributed by atoms with Crippen molar-refractivity contribution in [2.24, 2.45) is 5.92 Å². The van der Waals surface area contributed by atoms with E-state index < -0.39 is 5.60 Å². The molecule has 5 rings (SSSR count). The largest absolute Gasteiger partial charge is 0.494 e. The Morgan fingerprint density at radius 2 is 1.82 bits per heavy atom. The molecule has 0 N–H and O–H groups in total. The molecule has 38 heavy (non-hydrogen) atoms. The monoisotopic (exact) mass is 517 g/mol. The number of piperazine rings is 1. The minimum absolute atomic E-state index is 0.0805. The number of anilines is 1. The third kappa shape index (κ3) is 5.37. The van der Waals surface area contributed by atoms with Crippen molar-refractivity contribution >= 4 is 28.8 Å². The van der Waals surface area contributed by atoms with Crippen molar-refractivity contribution in [2.45, 2.75) is 26.4 Å². The van der Waals surface area contributed by atoms with Gasteiger partial charge in [0.2, 0.25) is 5.91 Å². The summed E-state index contributed by atoms with van der Waals surface area (Å²) in [6.45, 7) is 8.74. The summed E-state index contributed by atoms with van der Waals surface area (Å²) in [6.07, 6.45) is 3.01. The lowest BCUT2D eigenvalue weighted by Crippen LogP contribution is -2.59. The topological polar surface area (TPSA) is 101 Å². The van der Waals surface area contributed by atoms with Gasteiger partial charge in [-0.05, 0) is 51.0 Å². The number of aromatic nitrogens is 2. The molecule has 2 aliphatic heterocycles. The highest BCUT2D eigenvalue weighted by Gasteiger charge is 2.40. The fourth-order valence-electron chi connectivity index (χ4n) is 4.54. The summed E-state index contributed by atoms with van der Waals surface area (Å²) in [7, 11) is 1.60. The average Bonchev–Trinajstić information content (AvgIpc) is 3.30. The van der Waals surface area contributed by atoms with Crippen LogP contribution in [0.5, 0.6) is 5.75 Å². The van der Waals surface area contributed by atoms with E-state index in [1.165, 1.54) is 0 Å². The number of carbonyl (C=O) groups is 2. The van der Waals surface area contributed by atoms with E-state index in [1.54, 1.807) is 24.4 Å². The molecule has 2 aromatic heterocycles. The fourth-order valence-corrected chi connectivity index (χ4v) is 4.54. The van der Waals surface area contributed by atoms with E-state index in [2.05, 4.69) is 26.7 Å². The Labute approximate surface area is 221 Å². The van der Waals surface area contributed by atoms with Crippen LogP contribution in [0.1, 0.15) is 32.2 Å². The van der Waals surface area contributed by atoms with Crippen LogP contribution in [-0.4, -0.2) is 83.7 Å². The van der Waals surface area contributed by atoms with Crippen LogP contribution in [0.4, 0.5) is 10.5 Å². The second kappa shape index (κ2) is 10.2. The number of nitrogens with zero attached hydrogens (tertiary/aromatic N) is 5. The Morgan fingerprint density at radius 3 is 2.47 bits per heavy atom. The summed E-state index contributed by atoms with van der Waals surface area (Å²) in [5.41, 5.74) is 2.31. The molecule has 0 bridgehead atoms. The summed E-state index contributed by atoms with van der Waals surface area (Å²) >= 11 is 0. The fraction of sp³-hybridized carbons (Fsp3) is 0.429. The van der Waals surface area contributed by atoms with Gasteiger partial charge in [-0.1, -0.05) is 5.92 Å².